The lowest BCUT2D eigenvalue weighted by Crippen LogP contribution is -2.42. The van der Waals surface area contributed by atoms with Crippen LogP contribution in [-0.4, -0.2) is 59.3 Å². The molecule has 4 N–H and O–H groups in total. The van der Waals surface area contributed by atoms with E-state index in [2.05, 4.69) is 26.6 Å². The third-order valence-electron chi connectivity index (χ3n) is 6.23. The summed E-state index contributed by atoms with van der Waals surface area (Å²) in [5.41, 5.74) is 3.55. The number of nitrogens with one attached hydrogen (secondary N) is 2. The molecule has 200 valence electrons. The zero-order valence-electron chi connectivity index (χ0n) is 20.7. The van der Waals surface area contributed by atoms with E-state index in [9.17, 15) is 19.5 Å². The van der Waals surface area contributed by atoms with E-state index in [1.54, 1.807) is 0 Å². The molecule has 1 fully saturated rings. The van der Waals surface area contributed by atoms with Crippen molar-refractivity contribution in [2.75, 3.05) is 36.9 Å². The zero-order valence-corrected chi connectivity index (χ0v) is 23.1. The van der Waals surface area contributed by atoms with Gasteiger partial charge < -0.3 is 30.5 Å². The van der Waals surface area contributed by atoms with E-state index < -0.39 is 18.5 Å². The number of hydrogen-bond donors (Lipinski definition) is 4. The Balaban J connectivity index is 1.34. The Morgan fingerprint density at radius 1 is 1.08 bits per heavy atom. The molecule has 4 rings (SSSR count). The van der Waals surface area contributed by atoms with Crippen molar-refractivity contribution >= 4 is 56.6 Å². The monoisotopic (exact) mass is 601 g/mol. The summed E-state index contributed by atoms with van der Waals surface area (Å²) in [4.78, 5) is 37.7. The number of benzene rings is 2. The number of nitrogens with zero attached hydrogens (tertiary/aromatic N) is 1. The largest absolute Gasteiger partial charge is 0.479 e. The van der Waals surface area contributed by atoms with Gasteiger partial charge in [-0.15, -0.1) is 11.3 Å². The summed E-state index contributed by atoms with van der Waals surface area (Å²) in [6.07, 6.45) is 1.77. The number of amides is 2. The van der Waals surface area contributed by atoms with E-state index >= 15 is 0 Å². The number of aliphatic carboxylic acids is 1. The van der Waals surface area contributed by atoms with E-state index in [0.29, 0.717) is 28.4 Å². The second-order valence-electron chi connectivity index (χ2n) is 9.08. The standard InChI is InChI=1S/C27H28BrN3O6S/c1-16-4-2-7-20(12-16)30-27(36)31-10-8-17(9-11-31)14-29-19-6-3-5-18(13-19)24-22(28)23(37-15-21(32)33)25(38-24)26(34)35/h2-7,12-13,17,29H,8-11,14-15H2,1H3,(H,30,36)(H,32,33)(H,34,35). The number of rotatable bonds is 9. The number of piperidine rings is 1. The maximum atomic E-state index is 12.6. The van der Waals surface area contributed by atoms with Crippen molar-refractivity contribution in [1.29, 1.82) is 0 Å². The second kappa shape index (κ2) is 12.3. The highest BCUT2D eigenvalue weighted by molar-refractivity contribution is 9.10. The van der Waals surface area contributed by atoms with Gasteiger partial charge in [0.1, 0.15) is 0 Å². The molecule has 1 saturated heterocycles. The molecule has 2 amide bonds. The number of carboxylic acids is 2. The molecule has 2 heterocycles. The summed E-state index contributed by atoms with van der Waals surface area (Å²) in [6.45, 7) is 3.47. The van der Waals surface area contributed by atoms with E-state index in [-0.39, 0.29) is 16.7 Å². The van der Waals surface area contributed by atoms with Crippen molar-refractivity contribution in [3.05, 3.63) is 63.4 Å². The van der Waals surface area contributed by atoms with Crippen LogP contribution in [0.3, 0.4) is 0 Å². The smallest absolute Gasteiger partial charge is 0.349 e. The molecule has 1 aliphatic rings. The Labute approximate surface area is 232 Å². The Morgan fingerprint density at radius 2 is 1.79 bits per heavy atom. The summed E-state index contributed by atoms with van der Waals surface area (Å²) < 4.78 is 5.66. The van der Waals surface area contributed by atoms with Crippen LogP contribution >= 0.6 is 27.3 Å². The minimum Gasteiger partial charge on any atom is -0.479 e. The van der Waals surface area contributed by atoms with E-state index in [1.165, 1.54) is 0 Å². The summed E-state index contributed by atoms with van der Waals surface area (Å²) in [6, 6.07) is 15.3. The Bertz CT molecular complexity index is 1340. The number of aryl methyl sites for hydroxylation is 1. The molecule has 0 unspecified atom stereocenters. The van der Waals surface area contributed by atoms with Crippen LogP contribution in [-0.2, 0) is 4.79 Å². The molecule has 0 spiro atoms. The third-order valence-corrected chi connectivity index (χ3v) is 8.46. The first-order valence-electron chi connectivity index (χ1n) is 12.1. The van der Waals surface area contributed by atoms with Crippen molar-refractivity contribution in [2.24, 2.45) is 5.92 Å². The van der Waals surface area contributed by atoms with Crippen molar-refractivity contribution in [2.45, 2.75) is 19.8 Å². The maximum Gasteiger partial charge on any atom is 0.349 e. The quantitative estimate of drug-likeness (QED) is 0.236. The third kappa shape index (κ3) is 6.84. The number of anilines is 2. The highest BCUT2D eigenvalue weighted by Crippen LogP contribution is 2.46. The van der Waals surface area contributed by atoms with Gasteiger partial charge in [-0.25, -0.2) is 14.4 Å². The van der Waals surface area contributed by atoms with Crippen LogP contribution in [0.2, 0.25) is 0 Å². The first-order valence-corrected chi connectivity index (χ1v) is 13.7. The summed E-state index contributed by atoms with van der Waals surface area (Å²) in [7, 11) is 0. The molecule has 0 saturated carbocycles. The minimum absolute atomic E-state index is 0.0106. The minimum atomic E-state index is -1.19. The first kappa shape index (κ1) is 27.5. The molecular weight excluding hydrogens is 574 g/mol. The van der Waals surface area contributed by atoms with Gasteiger partial charge in [-0.05, 0) is 77.0 Å². The van der Waals surface area contributed by atoms with Crippen molar-refractivity contribution in [3.8, 4) is 16.2 Å². The SMILES string of the molecule is Cc1cccc(NC(=O)N2CCC(CNc3cccc(-c4sc(C(=O)O)c(OCC(=O)O)c4Br)c3)CC2)c1. The molecule has 0 atom stereocenters. The van der Waals surface area contributed by atoms with Gasteiger partial charge >= 0.3 is 18.0 Å². The fourth-order valence-electron chi connectivity index (χ4n) is 4.28. The van der Waals surface area contributed by atoms with Crippen LogP contribution in [0.1, 0.15) is 28.1 Å². The number of thiophene rings is 1. The van der Waals surface area contributed by atoms with Crippen LogP contribution in [0.5, 0.6) is 5.75 Å². The molecule has 3 aromatic rings. The van der Waals surface area contributed by atoms with Crippen LogP contribution in [0.4, 0.5) is 16.2 Å². The molecule has 38 heavy (non-hydrogen) atoms. The lowest BCUT2D eigenvalue weighted by atomic mass is 9.97. The van der Waals surface area contributed by atoms with E-state index in [4.69, 9.17) is 9.84 Å². The highest BCUT2D eigenvalue weighted by atomic mass is 79.9. The van der Waals surface area contributed by atoms with Crippen molar-refractivity contribution in [3.63, 3.8) is 0 Å². The van der Waals surface area contributed by atoms with Crippen LogP contribution in [0, 0.1) is 12.8 Å². The first-order chi connectivity index (χ1) is 18.2. The number of likely N-dealkylation sites (tertiary alicyclic amines) is 1. The van der Waals surface area contributed by atoms with Crippen molar-refractivity contribution < 1.29 is 29.3 Å². The molecule has 2 aromatic carbocycles. The molecular formula is C27H28BrN3O6S. The number of halogens is 1. The molecule has 0 aliphatic carbocycles. The molecule has 0 bridgehead atoms. The number of aromatic carboxylic acids is 1. The summed E-state index contributed by atoms with van der Waals surface area (Å²) in [5.74, 6) is -1.96. The Hall–Kier alpha value is -3.57. The van der Waals surface area contributed by atoms with Crippen molar-refractivity contribution in [1.82, 2.24) is 4.90 Å². The maximum absolute atomic E-state index is 12.6. The van der Waals surface area contributed by atoms with Crippen LogP contribution in [0.25, 0.3) is 10.4 Å². The lowest BCUT2D eigenvalue weighted by Gasteiger charge is -2.32. The Morgan fingerprint density at radius 3 is 2.47 bits per heavy atom. The van der Waals surface area contributed by atoms with Gasteiger partial charge in [0.15, 0.2) is 17.2 Å². The zero-order chi connectivity index (χ0) is 27.2. The molecule has 0 radical (unpaired) electrons. The average molecular weight is 603 g/mol. The number of carbonyl (C=O) groups excluding carboxylic acids is 1. The predicted molar refractivity (Wildman–Crippen MR) is 151 cm³/mol. The van der Waals surface area contributed by atoms with Gasteiger partial charge in [-0.3, -0.25) is 0 Å². The lowest BCUT2D eigenvalue weighted by molar-refractivity contribution is -0.139. The number of carboxylic acid groups (broad SMARTS) is 2. The molecule has 9 nitrogen and oxygen atoms in total. The van der Waals surface area contributed by atoms with Gasteiger partial charge in [0, 0.05) is 31.0 Å². The second-order valence-corrected chi connectivity index (χ2v) is 10.9. The Kier molecular flexibility index (Phi) is 8.90. The van der Waals surface area contributed by atoms with E-state index in [1.807, 2.05) is 60.4 Å². The van der Waals surface area contributed by atoms with Gasteiger partial charge in [0.2, 0.25) is 0 Å². The average Bonchev–Trinajstić information content (AvgIpc) is 3.23. The topological polar surface area (TPSA) is 128 Å². The number of hydrogen-bond acceptors (Lipinski definition) is 6. The predicted octanol–water partition coefficient (Wildman–Crippen LogP) is 6.00. The fourth-order valence-corrected chi connectivity index (χ4v) is 6.17. The van der Waals surface area contributed by atoms with Gasteiger partial charge in [-0.1, -0.05) is 24.3 Å². The number of urea groups is 1. The fraction of sp³-hybridized carbons (Fsp3) is 0.296. The molecule has 1 aliphatic heterocycles. The number of ether oxygens (including phenoxy) is 1. The normalized spacial score (nSPS) is 13.7. The van der Waals surface area contributed by atoms with Crippen LogP contribution < -0.4 is 15.4 Å². The van der Waals surface area contributed by atoms with Gasteiger partial charge in [0.05, 0.1) is 9.35 Å². The van der Waals surface area contributed by atoms with Crippen LogP contribution in [0.15, 0.2) is 53.0 Å². The van der Waals surface area contributed by atoms with Gasteiger partial charge in [-0.2, -0.15) is 0 Å². The molecule has 1 aromatic heterocycles. The van der Waals surface area contributed by atoms with Gasteiger partial charge in [0.25, 0.3) is 0 Å². The summed E-state index contributed by atoms with van der Waals surface area (Å²) in [5, 5.41) is 24.9. The summed E-state index contributed by atoms with van der Waals surface area (Å²) >= 11 is 4.42. The number of carbonyl (C=O) groups is 3. The van der Waals surface area contributed by atoms with E-state index in [0.717, 1.165) is 53.2 Å². The highest BCUT2D eigenvalue weighted by Gasteiger charge is 2.25. The molecule has 11 heteroatoms.